The summed E-state index contributed by atoms with van der Waals surface area (Å²) >= 11 is 0. The lowest BCUT2D eigenvalue weighted by Gasteiger charge is -2.36. The summed E-state index contributed by atoms with van der Waals surface area (Å²) in [6.07, 6.45) is 6.53. The van der Waals surface area contributed by atoms with E-state index in [0.29, 0.717) is 18.8 Å². The summed E-state index contributed by atoms with van der Waals surface area (Å²) in [7, 11) is 0. The van der Waals surface area contributed by atoms with Gasteiger partial charge in [-0.1, -0.05) is 13.3 Å². The average molecular weight is 297 g/mol. The van der Waals surface area contributed by atoms with Crippen molar-refractivity contribution < 1.29 is 14.7 Å². The van der Waals surface area contributed by atoms with Gasteiger partial charge in [0.25, 0.3) is 0 Å². The first-order valence-corrected chi connectivity index (χ1v) is 8.05. The maximum absolute atomic E-state index is 11.9. The number of carbonyl (C=O) groups is 2. The topological polar surface area (TPSA) is 81.7 Å². The molecule has 0 aromatic carbocycles. The summed E-state index contributed by atoms with van der Waals surface area (Å²) in [5.41, 5.74) is 2.03. The molecule has 1 aliphatic carbocycles. The number of aliphatic carboxylic acids is 1. The largest absolute Gasteiger partial charge is 0.481 e. The molecule has 6 heteroatoms. The van der Waals surface area contributed by atoms with Crippen molar-refractivity contribution in [3.8, 4) is 0 Å². The van der Waals surface area contributed by atoms with E-state index in [-0.39, 0.29) is 12.6 Å². The lowest BCUT2D eigenvalue weighted by Crippen LogP contribution is -2.52. The second-order valence-electron chi connectivity index (χ2n) is 6.61. The summed E-state index contributed by atoms with van der Waals surface area (Å²) in [6.45, 7) is 4.11. The molecular weight excluding hydrogens is 270 g/mol. The highest BCUT2D eigenvalue weighted by Gasteiger charge is 2.41. The maximum atomic E-state index is 11.9. The number of hydrogen-bond acceptors (Lipinski definition) is 3. The number of carboxylic acids is 1. The molecule has 0 aromatic rings. The van der Waals surface area contributed by atoms with Gasteiger partial charge in [-0.2, -0.15) is 0 Å². The van der Waals surface area contributed by atoms with Crippen molar-refractivity contribution in [3.05, 3.63) is 0 Å². The Balaban J connectivity index is 1.81. The molecule has 1 heterocycles. The molecule has 0 spiro atoms. The van der Waals surface area contributed by atoms with E-state index in [1.807, 2.05) is 5.01 Å². The summed E-state index contributed by atoms with van der Waals surface area (Å²) < 4.78 is 0. The van der Waals surface area contributed by atoms with Crippen LogP contribution >= 0.6 is 0 Å². The molecule has 1 aliphatic heterocycles. The van der Waals surface area contributed by atoms with Crippen LogP contribution < -0.4 is 10.7 Å². The molecule has 1 saturated carbocycles. The first-order valence-electron chi connectivity index (χ1n) is 8.05. The molecule has 21 heavy (non-hydrogen) atoms. The van der Waals surface area contributed by atoms with Crippen LogP contribution in [0.4, 0.5) is 4.79 Å². The zero-order chi connectivity index (χ0) is 15.3. The molecule has 0 aromatic heterocycles. The van der Waals surface area contributed by atoms with Gasteiger partial charge in [-0.05, 0) is 44.4 Å². The number of hydrazine groups is 1. The lowest BCUT2D eigenvalue weighted by molar-refractivity contribution is -0.151. The standard InChI is InChI=1S/C15H27N3O3/c1-12-5-7-15(8-6-12,13(19)20)11-16-14(21)17-18-9-3-2-4-10-18/h12H,2-11H2,1H3,(H,19,20)(H2,16,17,21). The van der Waals surface area contributed by atoms with Crippen LogP contribution in [-0.4, -0.2) is 41.8 Å². The van der Waals surface area contributed by atoms with Gasteiger partial charge in [0.15, 0.2) is 0 Å². The summed E-state index contributed by atoms with van der Waals surface area (Å²) in [4.78, 5) is 23.5. The van der Waals surface area contributed by atoms with E-state index in [2.05, 4.69) is 17.7 Å². The molecule has 2 fully saturated rings. The van der Waals surface area contributed by atoms with Gasteiger partial charge in [-0.15, -0.1) is 0 Å². The van der Waals surface area contributed by atoms with Crippen LogP contribution in [0.5, 0.6) is 0 Å². The van der Waals surface area contributed by atoms with Crippen molar-refractivity contribution in [2.24, 2.45) is 11.3 Å². The Hall–Kier alpha value is -1.30. The third kappa shape index (κ3) is 4.33. The number of carboxylic acid groups (broad SMARTS) is 1. The third-order valence-corrected chi connectivity index (χ3v) is 4.89. The van der Waals surface area contributed by atoms with E-state index in [9.17, 15) is 14.7 Å². The van der Waals surface area contributed by atoms with Gasteiger partial charge in [-0.25, -0.2) is 9.80 Å². The smallest absolute Gasteiger partial charge is 0.329 e. The second-order valence-corrected chi connectivity index (χ2v) is 6.61. The fourth-order valence-corrected chi connectivity index (χ4v) is 3.22. The Labute approximate surface area is 126 Å². The van der Waals surface area contributed by atoms with E-state index in [0.717, 1.165) is 38.8 Å². The van der Waals surface area contributed by atoms with E-state index in [1.165, 1.54) is 6.42 Å². The van der Waals surface area contributed by atoms with Crippen LogP contribution in [0.1, 0.15) is 51.9 Å². The van der Waals surface area contributed by atoms with E-state index in [4.69, 9.17) is 0 Å². The highest BCUT2D eigenvalue weighted by atomic mass is 16.4. The Bertz CT molecular complexity index is 372. The number of rotatable bonds is 4. The number of nitrogens with one attached hydrogen (secondary N) is 2. The Morgan fingerprint density at radius 2 is 1.81 bits per heavy atom. The minimum absolute atomic E-state index is 0.217. The zero-order valence-corrected chi connectivity index (χ0v) is 12.9. The van der Waals surface area contributed by atoms with E-state index >= 15 is 0 Å². The molecular formula is C15H27N3O3. The fourth-order valence-electron chi connectivity index (χ4n) is 3.22. The van der Waals surface area contributed by atoms with Crippen LogP contribution in [0, 0.1) is 11.3 Å². The number of nitrogens with zero attached hydrogens (tertiary/aromatic N) is 1. The summed E-state index contributed by atoms with van der Waals surface area (Å²) in [6, 6.07) is -0.281. The third-order valence-electron chi connectivity index (χ3n) is 4.89. The number of amides is 2. The Morgan fingerprint density at radius 1 is 1.19 bits per heavy atom. The van der Waals surface area contributed by atoms with Crippen molar-refractivity contribution in [1.82, 2.24) is 15.8 Å². The van der Waals surface area contributed by atoms with Crippen LogP contribution in [-0.2, 0) is 4.79 Å². The number of piperidine rings is 1. The van der Waals surface area contributed by atoms with Gasteiger partial charge in [0.05, 0.1) is 5.41 Å². The highest BCUT2D eigenvalue weighted by molar-refractivity contribution is 5.78. The molecule has 1 saturated heterocycles. The monoisotopic (exact) mass is 297 g/mol. The van der Waals surface area contributed by atoms with Crippen LogP contribution in [0.3, 0.4) is 0 Å². The highest BCUT2D eigenvalue weighted by Crippen LogP contribution is 2.38. The average Bonchev–Trinajstić information content (AvgIpc) is 2.48. The molecule has 120 valence electrons. The van der Waals surface area contributed by atoms with Crippen LogP contribution in [0.2, 0.25) is 0 Å². The van der Waals surface area contributed by atoms with Crippen molar-refractivity contribution >= 4 is 12.0 Å². The molecule has 6 nitrogen and oxygen atoms in total. The molecule has 3 N–H and O–H groups in total. The molecule has 0 atom stereocenters. The maximum Gasteiger partial charge on any atom is 0.329 e. The van der Waals surface area contributed by atoms with Crippen molar-refractivity contribution in [2.45, 2.75) is 51.9 Å². The van der Waals surface area contributed by atoms with Crippen LogP contribution in [0.25, 0.3) is 0 Å². The Morgan fingerprint density at radius 3 is 2.38 bits per heavy atom. The van der Waals surface area contributed by atoms with Gasteiger partial charge in [0.2, 0.25) is 0 Å². The van der Waals surface area contributed by atoms with Gasteiger partial charge < -0.3 is 10.4 Å². The van der Waals surface area contributed by atoms with E-state index in [1.54, 1.807) is 0 Å². The first-order chi connectivity index (χ1) is 10.0. The van der Waals surface area contributed by atoms with E-state index < -0.39 is 11.4 Å². The van der Waals surface area contributed by atoms with Gasteiger partial charge >= 0.3 is 12.0 Å². The molecule has 0 unspecified atom stereocenters. The predicted octanol–water partition coefficient (Wildman–Crippen LogP) is 1.97. The molecule has 2 amide bonds. The SMILES string of the molecule is CC1CCC(CNC(=O)NN2CCCCC2)(C(=O)O)CC1. The second kappa shape index (κ2) is 7.11. The van der Waals surface area contributed by atoms with Crippen LogP contribution in [0.15, 0.2) is 0 Å². The molecule has 2 rings (SSSR count). The first kappa shape index (κ1) is 16.1. The molecule has 0 radical (unpaired) electrons. The lowest BCUT2D eigenvalue weighted by atomic mass is 9.71. The normalized spacial score (nSPS) is 30.6. The quantitative estimate of drug-likeness (QED) is 0.741. The van der Waals surface area contributed by atoms with Crippen molar-refractivity contribution in [2.75, 3.05) is 19.6 Å². The Kier molecular flexibility index (Phi) is 5.45. The zero-order valence-electron chi connectivity index (χ0n) is 12.9. The molecule has 2 aliphatic rings. The summed E-state index contributed by atoms with van der Waals surface area (Å²) in [5, 5.41) is 14.2. The number of carbonyl (C=O) groups excluding carboxylic acids is 1. The summed E-state index contributed by atoms with van der Waals surface area (Å²) in [5.74, 6) is -0.202. The number of urea groups is 1. The van der Waals surface area contributed by atoms with Gasteiger partial charge in [0.1, 0.15) is 0 Å². The van der Waals surface area contributed by atoms with Gasteiger partial charge in [-0.3, -0.25) is 10.2 Å². The minimum Gasteiger partial charge on any atom is -0.481 e. The minimum atomic E-state index is -0.786. The van der Waals surface area contributed by atoms with Gasteiger partial charge in [0, 0.05) is 19.6 Å². The fraction of sp³-hybridized carbons (Fsp3) is 0.867. The predicted molar refractivity (Wildman–Crippen MR) is 79.7 cm³/mol. The van der Waals surface area contributed by atoms with Crippen molar-refractivity contribution in [1.29, 1.82) is 0 Å². The molecule has 0 bridgehead atoms. The number of hydrogen-bond donors (Lipinski definition) is 3. The van der Waals surface area contributed by atoms with Crippen molar-refractivity contribution in [3.63, 3.8) is 0 Å².